The Hall–Kier alpha value is -2.25. The van der Waals surface area contributed by atoms with Gasteiger partial charge < -0.3 is 9.47 Å². The van der Waals surface area contributed by atoms with E-state index in [1.165, 1.54) is 5.56 Å². The zero-order valence-electron chi connectivity index (χ0n) is 15.6. The van der Waals surface area contributed by atoms with Gasteiger partial charge in [0.15, 0.2) is 13.2 Å². The smallest absolute Gasteiger partial charge is 0.276 e. The third kappa shape index (κ3) is 7.05. The summed E-state index contributed by atoms with van der Waals surface area (Å²) in [4.78, 5) is 23.5. The maximum Gasteiger partial charge on any atom is 0.276 e. The number of amides is 2. The Labute approximate surface area is 177 Å². The molecule has 1 unspecified atom stereocenters. The highest BCUT2D eigenvalue weighted by Crippen LogP contribution is 2.27. The summed E-state index contributed by atoms with van der Waals surface area (Å²) in [6, 6.07) is 12.6. The number of rotatable bonds is 8. The molecule has 1 atom stereocenters. The van der Waals surface area contributed by atoms with Crippen molar-refractivity contribution in [3.8, 4) is 11.5 Å². The van der Waals surface area contributed by atoms with Gasteiger partial charge in [0.05, 0.1) is 5.02 Å². The summed E-state index contributed by atoms with van der Waals surface area (Å²) in [5.41, 5.74) is 5.74. The van der Waals surface area contributed by atoms with Crippen LogP contribution in [0.4, 0.5) is 0 Å². The Morgan fingerprint density at radius 2 is 1.64 bits per heavy atom. The summed E-state index contributed by atoms with van der Waals surface area (Å²) in [5.74, 6) is 0.422. The van der Waals surface area contributed by atoms with Crippen molar-refractivity contribution in [2.45, 2.75) is 26.2 Å². The number of hydrazine groups is 1. The van der Waals surface area contributed by atoms with Crippen molar-refractivity contribution >= 4 is 39.3 Å². The SMILES string of the molecule is CCC(C)c1ccc(OCC(=O)NNC(=O)COc2ccc(Br)cc2Cl)cc1. The fraction of sp³-hybridized carbons (Fsp3) is 0.300. The lowest BCUT2D eigenvalue weighted by Gasteiger charge is -2.12. The van der Waals surface area contributed by atoms with Crippen LogP contribution in [0.5, 0.6) is 11.5 Å². The first-order valence-corrected chi connectivity index (χ1v) is 9.94. The summed E-state index contributed by atoms with van der Waals surface area (Å²) < 4.78 is 11.5. The predicted molar refractivity (Wildman–Crippen MR) is 112 cm³/mol. The molecule has 0 aliphatic rings. The van der Waals surface area contributed by atoms with Crippen molar-refractivity contribution in [3.63, 3.8) is 0 Å². The zero-order valence-corrected chi connectivity index (χ0v) is 18.0. The fourth-order valence-electron chi connectivity index (χ4n) is 2.22. The Bertz CT molecular complexity index is 814. The molecule has 2 amide bonds. The molecule has 0 aliphatic heterocycles. The largest absolute Gasteiger partial charge is 0.484 e. The zero-order chi connectivity index (χ0) is 20.5. The van der Waals surface area contributed by atoms with Crippen molar-refractivity contribution < 1.29 is 19.1 Å². The Morgan fingerprint density at radius 3 is 2.21 bits per heavy atom. The van der Waals surface area contributed by atoms with Gasteiger partial charge in [-0.1, -0.05) is 53.5 Å². The van der Waals surface area contributed by atoms with Gasteiger partial charge in [-0.2, -0.15) is 0 Å². The van der Waals surface area contributed by atoms with Crippen molar-refractivity contribution in [3.05, 3.63) is 57.5 Å². The molecule has 0 spiro atoms. The molecule has 0 aliphatic carbocycles. The fourth-order valence-corrected chi connectivity index (χ4v) is 2.95. The lowest BCUT2D eigenvalue weighted by molar-refractivity contribution is -0.131. The van der Waals surface area contributed by atoms with Crippen LogP contribution in [0.15, 0.2) is 46.9 Å². The highest BCUT2D eigenvalue weighted by molar-refractivity contribution is 9.10. The number of carbonyl (C=O) groups is 2. The molecule has 2 aromatic rings. The maximum absolute atomic E-state index is 11.8. The van der Waals surface area contributed by atoms with Gasteiger partial charge in [-0.3, -0.25) is 20.4 Å². The number of nitrogens with one attached hydrogen (secondary N) is 2. The van der Waals surface area contributed by atoms with E-state index < -0.39 is 11.8 Å². The molecule has 2 aromatic carbocycles. The molecule has 6 nitrogen and oxygen atoms in total. The first-order valence-electron chi connectivity index (χ1n) is 8.77. The van der Waals surface area contributed by atoms with Crippen LogP contribution in [0.1, 0.15) is 31.7 Å². The van der Waals surface area contributed by atoms with Crippen molar-refractivity contribution in [1.82, 2.24) is 10.9 Å². The average Bonchev–Trinajstić information content (AvgIpc) is 2.69. The van der Waals surface area contributed by atoms with Crippen LogP contribution in [-0.2, 0) is 9.59 Å². The third-order valence-electron chi connectivity index (χ3n) is 4.03. The molecule has 2 N–H and O–H groups in total. The van der Waals surface area contributed by atoms with E-state index >= 15 is 0 Å². The van der Waals surface area contributed by atoms with Crippen LogP contribution in [0.3, 0.4) is 0 Å². The monoisotopic (exact) mass is 468 g/mol. The standard InChI is InChI=1S/C20H22BrClN2O4/c1-3-13(2)14-4-7-16(8-5-14)27-11-19(25)23-24-20(26)12-28-18-9-6-15(21)10-17(18)22/h4-10,13H,3,11-12H2,1-2H3,(H,23,25)(H,24,26). The second-order valence-corrected chi connectivity index (χ2v) is 7.45. The molecule has 2 rings (SSSR count). The quantitative estimate of drug-likeness (QED) is 0.568. The van der Waals surface area contributed by atoms with E-state index in [-0.39, 0.29) is 13.2 Å². The maximum atomic E-state index is 11.8. The predicted octanol–water partition coefficient (Wildman–Crippen LogP) is 4.22. The average molecular weight is 470 g/mol. The molecular formula is C20H22BrClN2O4. The van der Waals surface area contributed by atoms with Crippen LogP contribution in [0.25, 0.3) is 0 Å². The molecule has 150 valence electrons. The number of carbonyl (C=O) groups excluding carboxylic acids is 2. The molecule has 0 saturated heterocycles. The lowest BCUT2D eigenvalue weighted by Crippen LogP contribution is -2.45. The summed E-state index contributed by atoms with van der Waals surface area (Å²) in [5, 5.41) is 0.374. The van der Waals surface area contributed by atoms with E-state index in [0.717, 1.165) is 10.9 Å². The molecular weight excluding hydrogens is 448 g/mol. The first kappa shape index (κ1) is 22.0. The van der Waals surface area contributed by atoms with Crippen molar-refractivity contribution in [1.29, 1.82) is 0 Å². The minimum absolute atomic E-state index is 0.220. The molecule has 0 aromatic heterocycles. The van der Waals surface area contributed by atoms with Crippen LogP contribution in [-0.4, -0.2) is 25.0 Å². The second-order valence-electron chi connectivity index (χ2n) is 6.13. The van der Waals surface area contributed by atoms with E-state index in [1.54, 1.807) is 18.2 Å². The number of halogens is 2. The van der Waals surface area contributed by atoms with Gasteiger partial charge in [-0.25, -0.2) is 0 Å². The van der Waals surface area contributed by atoms with Crippen LogP contribution < -0.4 is 20.3 Å². The molecule has 0 fully saturated rings. The molecule has 8 heteroatoms. The second kappa shape index (κ2) is 10.9. The topological polar surface area (TPSA) is 76.7 Å². The van der Waals surface area contributed by atoms with Crippen molar-refractivity contribution in [2.24, 2.45) is 0 Å². The first-order chi connectivity index (χ1) is 13.4. The summed E-state index contributed by atoms with van der Waals surface area (Å²) in [7, 11) is 0. The van der Waals surface area contributed by atoms with Crippen LogP contribution in [0.2, 0.25) is 5.02 Å². The Balaban J connectivity index is 1.69. The number of hydrogen-bond acceptors (Lipinski definition) is 4. The number of benzene rings is 2. The molecule has 0 radical (unpaired) electrons. The molecule has 0 saturated carbocycles. The minimum atomic E-state index is -0.523. The summed E-state index contributed by atoms with van der Waals surface area (Å²) >= 11 is 9.29. The number of ether oxygens (including phenoxy) is 2. The molecule has 28 heavy (non-hydrogen) atoms. The van der Waals surface area contributed by atoms with Crippen LogP contribution in [0, 0.1) is 0 Å². The van der Waals surface area contributed by atoms with Gasteiger partial charge in [0, 0.05) is 4.47 Å². The molecule has 0 heterocycles. The van der Waals surface area contributed by atoms with E-state index in [9.17, 15) is 9.59 Å². The minimum Gasteiger partial charge on any atom is -0.484 e. The summed E-state index contributed by atoms with van der Waals surface area (Å²) in [6.07, 6.45) is 1.06. The van der Waals surface area contributed by atoms with Crippen molar-refractivity contribution in [2.75, 3.05) is 13.2 Å². The van der Waals surface area contributed by atoms with Gasteiger partial charge >= 0.3 is 0 Å². The lowest BCUT2D eigenvalue weighted by atomic mass is 9.99. The van der Waals surface area contributed by atoms with Gasteiger partial charge in [0.25, 0.3) is 11.8 Å². The highest BCUT2D eigenvalue weighted by Gasteiger charge is 2.09. The van der Waals surface area contributed by atoms with E-state index in [4.69, 9.17) is 21.1 Å². The highest BCUT2D eigenvalue weighted by atomic mass is 79.9. The normalized spacial score (nSPS) is 11.4. The van der Waals surface area contributed by atoms with E-state index in [0.29, 0.717) is 22.4 Å². The number of hydrogen-bond donors (Lipinski definition) is 2. The third-order valence-corrected chi connectivity index (χ3v) is 4.81. The van der Waals surface area contributed by atoms with Crippen LogP contribution >= 0.6 is 27.5 Å². The summed E-state index contributed by atoms with van der Waals surface area (Å²) in [6.45, 7) is 3.77. The van der Waals surface area contributed by atoms with Gasteiger partial charge in [0.2, 0.25) is 0 Å². The van der Waals surface area contributed by atoms with Gasteiger partial charge in [0.1, 0.15) is 11.5 Å². The van der Waals surface area contributed by atoms with E-state index in [1.807, 2.05) is 24.3 Å². The van der Waals surface area contributed by atoms with Gasteiger partial charge in [-0.15, -0.1) is 0 Å². The Kier molecular flexibility index (Phi) is 8.60. The Morgan fingerprint density at radius 1 is 1.04 bits per heavy atom. The van der Waals surface area contributed by atoms with Gasteiger partial charge in [-0.05, 0) is 48.2 Å². The molecule has 0 bridgehead atoms. The van der Waals surface area contributed by atoms with E-state index in [2.05, 4.69) is 40.6 Å².